The van der Waals surface area contributed by atoms with E-state index in [1.165, 1.54) is 4.52 Å². The van der Waals surface area contributed by atoms with Crippen LogP contribution in [0.5, 0.6) is 0 Å². The van der Waals surface area contributed by atoms with Crippen LogP contribution in [0.2, 0.25) is 0 Å². The lowest BCUT2D eigenvalue weighted by Crippen LogP contribution is -2.22. The van der Waals surface area contributed by atoms with E-state index in [1.807, 2.05) is 13.8 Å². The van der Waals surface area contributed by atoms with E-state index in [9.17, 15) is 4.79 Å². The summed E-state index contributed by atoms with van der Waals surface area (Å²) in [6.07, 6.45) is 2.86. The molecule has 0 fully saturated rings. The number of fused-ring (bicyclic) bond motifs is 1. The zero-order chi connectivity index (χ0) is 13.1. The van der Waals surface area contributed by atoms with E-state index in [2.05, 4.69) is 22.0 Å². The lowest BCUT2D eigenvalue weighted by atomic mass is 10.1. The molecule has 2 aromatic heterocycles. The van der Waals surface area contributed by atoms with Gasteiger partial charge in [-0.2, -0.15) is 9.50 Å². The molecular weight excluding hydrogens is 248 g/mol. The van der Waals surface area contributed by atoms with Crippen molar-refractivity contribution in [1.29, 1.82) is 0 Å². The van der Waals surface area contributed by atoms with Crippen LogP contribution >= 0.6 is 11.8 Å². The second-order valence-corrected chi connectivity index (χ2v) is 5.43. The summed E-state index contributed by atoms with van der Waals surface area (Å²) >= 11 is 1.57. The molecule has 0 aliphatic carbocycles. The fourth-order valence-corrected chi connectivity index (χ4v) is 2.45. The van der Waals surface area contributed by atoms with Gasteiger partial charge in [0.05, 0.1) is 5.69 Å². The molecule has 2 aromatic rings. The summed E-state index contributed by atoms with van der Waals surface area (Å²) in [6, 6.07) is 0. The van der Waals surface area contributed by atoms with Gasteiger partial charge < -0.3 is 0 Å². The Morgan fingerprint density at radius 2 is 2.11 bits per heavy atom. The minimum atomic E-state index is -0.0126. The summed E-state index contributed by atoms with van der Waals surface area (Å²) in [5.74, 6) is 1.38. The molecule has 5 nitrogen and oxygen atoms in total. The average Bonchev–Trinajstić information content (AvgIpc) is 2.72. The first kappa shape index (κ1) is 13.1. The van der Waals surface area contributed by atoms with Gasteiger partial charge in [0.15, 0.2) is 5.16 Å². The Morgan fingerprint density at radius 3 is 2.78 bits per heavy atom. The number of aromatic nitrogens is 4. The highest BCUT2D eigenvalue weighted by Gasteiger charge is 2.12. The minimum absolute atomic E-state index is 0.0126. The molecule has 0 aliphatic rings. The monoisotopic (exact) mass is 266 g/mol. The third-order valence-corrected chi connectivity index (χ3v) is 3.58. The number of thioether (sulfide) groups is 1. The van der Waals surface area contributed by atoms with Gasteiger partial charge in [-0.05, 0) is 25.5 Å². The second kappa shape index (κ2) is 5.56. The molecular formula is C12H18N4OS. The molecule has 1 N–H and O–H groups in total. The van der Waals surface area contributed by atoms with Crippen molar-refractivity contribution in [3.8, 4) is 0 Å². The van der Waals surface area contributed by atoms with Crippen LogP contribution in [0.4, 0.5) is 0 Å². The van der Waals surface area contributed by atoms with Crippen LogP contribution in [0, 0.1) is 6.92 Å². The molecule has 98 valence electrons. The number of unbranched alkanes of at least 4 members (excludes halogenated alkanes) is 1. The van der Waals surface area contributed by atoms with Crippen molar-refractivity contribution in [2.24, 2.45) is 0 Å². The summed E-state index contributed by atoms with van der Waals surface area (Å²) in [7, 11) is 0. The fraction of sp³-hybridized carbons (Fsp3) is 0.583. The van der Waals surface area contributed by atoms with Gasteiger partial charge in [-0.1, -0.05) is 32.0 Å². The van der Waals surface area contributed by atoms with Crippen molar-refractivity contribution in [1.82, 2.24) is 19.6 Å². The highest BCUT2D eigenvalue weighted by Crippen LogP contribution is 2.13. The Balaban J connectivity index is 2.51. The zero-order valence-electron chi connectivity index (χ0n) is 11.0. The van der Waals surface area contributed by atoms with E-state index < -0.39 is 0 Å². The Bertz CT molecular complexity index is 602. The van der Waals surface area contributed by atoms with Crippen LogP contribution in [0.15, 0.2) is 9.95 Å². The lowest BCUT2D eigenvalue weighted by molar-refractivity contribution is 0.753. The first-order chi connectivity index (χ1) is 8.67. The molecule has 18 heavy (non-hydrogen) atoms. The number of H-pyrrole nitrogens is 1. The van der Waals surface area contributed by atoms with Gasteiger partial charge in [0.25, 0.3) is 11.3 Å². The van der Waals surface area contributed by atoms with Gasteiger partial charge in [0.2, 0.25) is 0 Å². The molecule has 0 amide bonds. The van der Waals surface area contributed by atoms with Crippen LogP contribution < -0.4 is 5.56 Å². The molecule has 2 heterocycles. The average molecular weight is 266 g/mol. The molecule has 6 heteroatoms. The predicted octanol–water partition coefficient (Wildman–Crippen LogP) is 2.18. The van der Waals surface area contributed by atoms with Crippen molar-refractivity contribution >= 4 is 17.5 Å². The van der Waals surface area contributed by atoms with E-state index >= 15 is 0 Å². The first-order valence-electron chi connectivity index (χ1n) is 6.28. The summed E-state index contributed by atoms with van der Waals surface area (Å²) < 4.78 is 1.45. The number of hydrogen-bond acceptors (Lipinski definition) is 4. The Kier molecular flexibility index (Phi) is 4.06. The second-order valence-electron chi connectivity index (χ2n) is 4.18. The standard InChI is InChI=1S/C12H18N4OS/c1-4-6-7-9-8(3)13-11-14-12(18-5-2)15-16(11)10(9)17/h4-7H2,1-3H3,(H,13,14,15). The number of aromatic amines is 1. The van der Waals surface area contributed by atoms with Crippen LogP contribution in [-0.2, 0) is 6.42 Å². The maximum atomic E-state index is 12.3. The molecule has 0 radical (unpaired) electrons. The van der Waals surface area contributed by atoms with Crippen molar-refractivity contribution in [3.63, 3.8) is 0 Å². The van der Waals surface area contributed by atoms with E-state index in [0.717, 1.165) is 41.4 Å². The number of aryl methyl sites for hydroxylation is 1. The third-order valence-electron chi connectivity index (χ3n) is 2.84. The SMILES string of the molecule is CCCCc1c(C)nc2nc(SCC)[nH]n2c1=O. The molecule has 0 bridgehead atoms. The van der Waals surface area contributed by atoms with Gasteiger partial charge in [-0.15, -0.1) is 0 Å². The fourth-order valence-electron chi connectivity index (χ4n) is 1.88. The number of nitrogens with one attached hydrogen (secondary N) is 1. The quantitative estimate of drug-likeness (QED) is 0.843. The largest absolute Gasteiger partial charge is 0.277 e. The van der Waals surface area contributed by atoms with Crippen molar-refractivity contribution in [2.75, 3.05) is 5.75 Å². The topological polar surface area (TPSA) is 63.1 Å². The number of hydrogen-bond donors (Lipinski definition) is 1. The third kappa shape index (κ3) is 2.43. The van der Waals surface area contributed by atoms with Crippen LogP contribution in [0.3, 0.4) is 0 Å². The van der Waals surface area contributed by atoms with E-state index in [4.69, 9.17) is 0 Å². The van der Waals surface area contributed by atoms with Gasteiger partial charge in [-0.25, -0.2) is 4.98 Å². The highest BCUT2D eigenvalue weighted by atomic mass is 32.2. The van der Waals surface area contributed by atoms with Gasteiger partial charge in [-0.3, -0.25) is 9.89 Å². The van der Waals surface area contributed by atoms with Crippen molar-refractivity contribution in [3.05, 3.63) is 21.6 Å². The minimum Gasteiger partial charge on any atom is -0.267 e. The van der Waals surface area contributed by atoms with Gasteiger partial charge in [0, 0.05) is 5.56 Å². The summed E-state index contributed by atoms with van der Waals surface area (Å²) in [5.41, 5.74) is 1.58. The molecule has 0 saturated carbocycles. The van der Waals surface area contributed by atoms with E-state index in [-0.39, 0.29) is 5.56 Å². The van der Waals surface area contributed by atoms with Crippen LogP contribution in [-0.4, -0.2) is 25.3 Å². The Hall–Kier alpha value is -1.30. The molecule has 0 spiro atoms. The molecule has 0 unspecified atom stereocenters. The Labute approximate surface area is 110 Å². The molecule has 0 saturated heterocycles. The highest BCUT2D eigenvalue weighted by molar-refractivity contribution is 7.99. The van der Waals surface area contributed by atoms with Crippen LogP contribution in [0.25, 0.3) is 5.78 Å². The zero-order valence-corrected chi connectivity index (χ0v) is 11.8. The maximum absolute atomic E-state index is 12.3. The molecule has 0 atom stereocenters. The predicted molar refractivity (Wildman–Crippen MR) is 73.4 cm³/mol. The molecule has 0 aliphatic heterocycles. The smallest absolute Gasteiger partial charge is 0.267 e. The molecule has 0 aromatic carbocycles. The van der Waals surface area contributed by atoms with Gasteiger partial charge in [0.1, 0.15) is 0 Å². The maximum Gasteiger partial charge on any atom is 0.277 e. The van der Waals surface area contributed by atoms with E-state index in [0.29, 0.717) is 5.78 Å². The lowest BCUT2D eigenvalue weighted by Gasteiger charge is -2.03. The summed E-state index contributed by atoms with van der Waals surface area (Å²) in [5, 5.41) is 3.75. The first-order valence-corrected chi connectivity index (χ1v) is 7.27. The summed E-state index contributed by atoms with van der Waals surface area (Å²) in [4.78, 5) is 21.0. The molecule has 2 rings (SSSR count). The normalized spacial score (nSPS) is 11.3. The number of rotatable bonds is 5. The Morgan fingerprint density at radius 1 is 1.33 bits per heavy atom. The van der Waals surface area contributed by atoms with Gasteiger partial charge >= 0.3 is 0 Å². The number of nitrogens with zero attached hydrogens (tertiary/aromatic N) is 3. The van der Waals surface area contributed by atoms with E-state index in [1.54, 1.807) is 11.8 Å². The van der Waals surface area contributed by atoms with Crippen LogP contribution in [0.1, 0.15) is 37.9 Å². The van der Waals surface area contributed by atoms with Crippen molar-refractivity contribution in [2.45, 2.75) is 45.2 Å². The van der Waals surface area contributed by atoms with Crippen molar-refractivity contribution < 1.29 is 0 Å². The summed E-state index contributed by atoms with van der Waals surface area (Å²) in [6.45, 7) is 6.05.